The summed E-state index contributed by atoms with van der Waals surface area (Å²) in [5, 5.41) is 15.7. The second kappa shape index (κ2) is 24.3. The van der Waals surface area contributed by atoms with E-state index in [-0.39, 0.29) is 53.2 Å². The third kappa shape index (κ3) is 13.6. The Bertz CT molecular complexity index is 2250. The van der Waals surface area contributed by atoms with Gasteiger partial charge in [0.25, 0.3) is 0 Å². The number of amides is 3. The monoisotopic (exact) mass is 943 g/mol. The van der Waals surface area contributed by atoms with Crippen molar-refractivity contribution in [3.05, 3.63) is 60.3 Å². The largest absolute Gasteiger partial charge is 0.508 e. The van der Waals surface area contributed by atoms with Crippen LogP contribution in [-0.4, -0.2) is 203 Å². The number of phenolic OH excluding ortho intramolecular Hbond substituents is 1. The smallest absolute Gasteiger partial charge is 0.318 e. The lowest BCUT2D eigenvalue weighted by molar-refractivity contribution is -0.145. The van der Waals surface area contributed by atoms with Crippen molar-refractivity contribution in [2.75, 3.05) is 144 Å². The zero-order valence-corrected chi connectivity index (χ0v) is 40.7. The van der Waals surface area contributed by atoms with Gasteiger partial charge in [-0.25, -0.2) is 0 Å². The highest BCUT2D eigenvalue weighted by molar-refractivity contribution is 5.96. The van der Waals surface area contributed by atoms with Gasteiger partial charge in [0.2, 0.25) is 17.7 Å². The molecule has 3 amide bonds. The van der Waals surface area contributed by atoms with Crippen molar-refractivity contribution in [3.63, 3.8) is 0 Å². The number of aromatic hydroxyl groups is 1. The lowest BCUT2D eigenvalue weighted by atomic mass is 10.0. The van der Waals surface area contributed by atoms with Crippen LogP contribution in [0.5, 0.6) is 11.8 Å². The standard InChI is InChI=1S/C33H41N7O4.C10H18N2O3.C6H11NO2/c1-4-30(42)38-13-15-39(16-14-38)32-27-10-12-40(29-18-25(41)17-24-7-5-6-8-26(24)29)20-28(27)34-33(35-32)44-22-23-9-11-37(19-23)21-31(43)36(2)3;1-11(2)9(13)7-12-5-4-8(6-12)10(14)15-3;1-9-6(8)5-2-3-7-4-5/h4-8,17-18,23,41H,1,9-16,19-22H2,2-3H3;8H,4-7H2,1-3H3;5,7H,2-4H2,1H3. The van der Waals surface area contributed by atoms with Crippen molar-refractivity contribution < 1.29 is 43.3 Å². The average Bonchev–Trinajstić information content (AvgIpc) is 4.16. The molecule has 0 spiro atoms. The summed E-state index contributed by atoms with van der Waals surface area (Å²) in [5.74, 6) is 1.31. The fraction of sp³-hybridized carbons (Fsp3) is 0.571. The van der Waals surface area contributed by atoms with E-state index in [1.54, 1.807) is 44.1 Å². The van der Waals surface area contributed by atoms with Gasteiger partial charge in [0.05, 0.1) is 58.0 Å². The van der Waals surface area contributed by atoms with Gasteiger partial charge < -0.3 is 49.1 Å². The van der Waals surface area contributed by atoms with E-state index in [9.17, 15) is 29.1 Å². The molecule has 4 fully saturated rings. The summed E-state index contributed by atoms with van der Waals surface area (Å²) in [7, 11) is 9.86. The lowest BCUT2D eigenvalue weighted by Crippen LogP contribution is -2.49. The van der Waals surface area contributed by atoms with Crippen molar-refractivity contribution in [2.45, 2.75) is 32.2 Å². The number of likely N-dealkylation sites (N-methyl/N-ethyl adjacent to an activating group) is 2. The number of ether oxygens (including phenoxy) is 3. The normalized spacial score (nSPS) is 20.3. The zero-order chi connectivity index (χ0) is 48.9. The molecular formula is C49H70N10O9. The number of nitrogens with zero attached hydrogens (tertiary/aromatic N) is 9. The topological polar surface area (TPSA) is 194 Å². The molecule has 68 heavy (non-hydrogen) atoms. The van der Waals surface area contributed by atoms with Gasteiger partial charge in [-0.3, -0.25) is 33.8 Å². The molecule has 8 rings (SSSR count). The average molecular weight is 943 g/mol. The summed E-state index contributed by atoms with van der Waals surface area (Å²) < 4.78 is 15.5. The Morgan fingerprint density at radius 2 is 1.47 bits per heavy atom. The highest BCUT2D eigenvalue weighted by Crippen LogP contribution is 2.36. The van der Waals surface area contributed by atoms with Crippen LogP contribution in [0.25, 0.3) is 10.8 Å². The molecule has 370 valence electrons. The van der Waals surface area contributed by atoms with Gasteiger partial charge >= 0.3 is 17.9 Å². The molecule has 2 N–H and O–H groups in total. The Labute approximate surface area is 399 Å². The molecule has 4 saturated heterocycles. The predicted molar refractivity (Wildman–Crippen MR) is 258 cm³/mol. The number of fused-ring (bicyclic) bond motifs is 2. The number of esters is 2. The Morgan fingerprint density at radius 1 is 0.809 bits per heavy atom. The van der Waals surface area contributed by atoms with Crippen molar-refractivity contribution in [3.8, 4) is 11.8 Å². The second-order valence-corrected chi connectivity index (χ2v) is 18.4. The van der Waals surface area contributed by atoms with Crippen LogP contribution in [0.2, 0.25) is 0 Å². The van der Waals surface area contributed by atoms with Gasteiger partial charge in [-0.2, -0.15) is 9.97 Å². The molecule has 3 atom stereocenters. The summed E-state index contributed by atoms with van der Waals surface area (Å²) >= 11 is 0. The lowest BCUT2D eigenvalue weighted by Gasteiger charge is -2.38. The van der Waals surface area contributed by atoms with E-state index < -0.39 is 0 Å². The molecule has 5 aliphatic rings. The van der Waals surface area contributed by atoms with Crippen LogP contribution < -0.4 is 19.9 Å². The van der Waals surface area contributed by atoms with Crippen molar-refractivity contribution >= 4 is 51.9 Å². The summed E-state index contributed by atoms with van der Waals surface area (Å²) in [6.45, 7) is 13.6. The molecular weight excluding hydrogens is 873 g/mol. The number of hydrogen-bond donors (Lipinski definition) is 2. The molecule has 0 saturated carbocycles. The first-order valence-corrected chi connectivity index (χ1v) is 23.5. The Morgan fingerprint density at radius 3 is 2.12 bits per heavy atom. The Hall–Kier alpha value is -6.05. The van der Waals surface area contributed by atoms with E-state index >= 15 is 0 Å². The third-order valence-electron chi connectivity index (χ3n) is 13.2. The first-order valence-electron chi connectivity index (χ1n) is 23.5. The number of piperazine rings is 1. The van der Waals surface area contributed by atoms with E-state index in [4.69, 9.17) is 14.7 Å². The number of benzene rings is 2. The first kappa shape index (κ1) is 51.3. The molecule has 2 aromatic carbocycles. The predicted octanol–water partition coefficient (Wildman–Crippen LogP) is 1.86. The summed E-state index contributed by atoms with van der Waals surface area (Å²) in [5.41, 5.74) is 3.00. The van der Waals surface area contributed by atoms with E-state index in [2.05, 4.69) is 42.1 Å². The van der Waals surface area contributed by atoms with Gasteiger partial charge in [-0.15, -0.1) is 0 Å². The Kier molecular flexibility index (Phi) is 18.3. The van der Waals surface area contributed by atoms with Gasteiger partial charge in [0, 0.05) is 109 Å². The minimum absolute atomic E-state index is 0.0507. The number of rotatable bonds is 12. The number of phenols is 1. The zero-order valence-electron chi connectivity index (χ0n) is 40.7. The minimum Gasteiger partial charge on any atom is -0.508 e. The number of aromatic nitrogens is 2. The van der Waals surface area contributed by atoms with E-state index in [1.165, 1.54) is 20.3 Å². The van der Waals surface area contributed by atoms with Gasteiger partial charge in [0.15, 0.2) is 0 Å². The van der Waals surface area contributed by atoms with Crippen LogP contribution in [0.15, 0.2) is 49.1 Å². The van der Waals surface area contributed by atoms with Crippen LogP contribution in [0.4, 0.5) is 11.5 Å². The maximum atomic E-state index is 12.2. The van der Waals surface area contributed by atoms with Gasteiger partial charge in [-0.1, -0.05) is 30.8 Å². The van der Waals surface area contributed by atoms with E-state index in [0.717, 1.165) is 98.5 Å². The molecule has 0 radical (unpaired) electrons. The quantitative estimate of drug-likeness (QED) is 0.197. The van der Waals surface area contributed by atoms with Crippen LogP contribution in [0.1, 0.15) is 30.5 Å². The molecule has 19 nitrogen and oxygen atoms in total. The maximum absolute atomic E-state index is 12.2. The third-order valence-corrected chi connectivity index (χ3v) is 13.2. The molecule has 5 aliphatic heterocycles. The Balaban J connectivity index is 0.000000258. The number of carbonyl (C=O) groups excluding carboxylic acids is 5. The molecule has 0 bridgehead atoms. The highest BCUT2D eigenvalue weighted by atomic mass is 16.5. The SMILES string of the molecule is C=CC(=O)N1CCN(c2nc(OCC3CCN(CC(=O)N(C)C)C3)nc3c2CCN(c2cc(O)cc4ccccc24)C3)CC1.COC(=O)C1CCN(CC(=O)N(C)C)C1.COC(=O)C1CCNC1. The fourth-order valence-corrected chi connectivity index (χ4v) is 9.13. The number of anilines is 2. The number of carbonyl (C=O) groups is 5. The molecule has 1 aromatic heterocycles. The molecule has 19 heteroatoms. The minimum atomic E-state index is -0.171. The first-order chi connectivity index (χ1) is 32.7. The van der Waals surface area contributed by atoms with Crippen LogP contribution in [0, 0.1) is 17.8 Å². The van der Waals surface area contributed by atoms with E-state index in [0.29, 0.717) is 65.0 Å². The molecule has 6 heterocycles. The van der Waals surface area contributed by atoms with Crippen LogP contribution >= 0.6 is 0 Å². The fourth-order valence-electron chi connectivity index (χ4n) is 9.13. The number of hydrogen-bond acceptors (Lipinski definition) is 16. The molecule has 3 unspecified atom stereocenters. The van der Waals surface area contributed by atoms with Crippen LogP contribution in [0.3, 0.4) is 0 Å². The second-order valence-electron chi connectivity index (χ2n) is 18.4. The van der Waals surface area contributed by atoms with Crippen LogP contribution in [-0.2, 0) is 46.4 Å². The van der Waals surface area contributed by atoms with Crippen molar-refractivity contribution in [1.82, 2.24) is 39.8 Å². The summed E-state index contributed by atoms with van der Waals surface area (Å²) in [6.07, 6.45) is 4.78. The van der Waals surface area contributed by atoms with Gasteiger partial charge in [0.1, 0.15) is 11.6 Å². The molecule has 3 aromatic rings. The van der Waals surface area contributed by atoms with Gasteiger partial charge in [-0.05, 0) is 62.8 Å². The van der Waals surface area contributed by atoms with E-state index in [1.807, 2.05) is 34.1 Å². The van der Waals surface area contributed by atoms with Crippen molar-refractivity contribution in [1.29, 1.82) is 0 Å². The summed E-state index contributed by atoms with van der Waals surface area (Å²) in [4.78, 5) is 81.4. The maximum Gasteiger partial charge on any atom is 0.318 e. The summed E-state index contributed by atoms with van der Waals surface area (Å²) in [6, 6.07) is 12.1. The number of methoxy groups -OCH3 is 2. The number of nitrogens with one attached hydrogen (secondary N) is 1. The highest BCUT2D eigenvalue weighted by Gasteiger charge is 2.32. The molecule has 0 aliphatic carbocycles. The number of likely N-dealkylation sites (tertiary alicyclic amines) is 2. The van der Waals surface area contributed by atoms with Crippen molar-refractivity contribution in [2.24, 2.45) is 17.8 Å².